The topological polar surface area (TPSA) is 95.6 Å². The van der Waals surface area contributed by atoms with Crippen LogP contribution in [0.2, 0.25) is 0 Å². The largest absolute Gasteiger partial charge is 0.380 e. The van der Waals surface area contributed by atoms with Gasteiger partial charge in [0.15, 0.2) is 0 Å². The number of piperazine rings is 1. The van der Waals surface area contributed by atoms with Gasteiger partial charge in [0.25, 0.3) is 11.8 Å². The Morgan fingerprint density at radius 1 is 1.47 bits per heavy atom. The highest BCUT2D eigenvalue weighted by Crippen LogP contribution is 2.18. The maximum absolute atomic E-state index is 11.6. The summed E-state index contributed by atoms with van der Waals surface area (Å²) in [4.78, 5) is 1.46. The molecule has 2 heterocycles. The second kappa shape index (κ2) is 5.14. The molecule has 0 aromatic carbocycles. The van der Waals surface area contributed by atoms with Crippen LogP contribution >= 0.6 is 12.4 Å². The molecule has 1 N–H and O–H groups in total. The number of nitrogens with one attached hydrogen (secondary N) is 1. The molecule has 2 rings (SSSR count). The van der Waals surface area contributed by atoms with Crippen molar-refractivity contribution >= 4 is 22.4 Å². The molecule has 1 fully saturated rings. The fourth-order valence-corrected chi connectivity index (χ4v) is 3.08. The van der Waals surface area contributed by atoms with Gasteiger partial charge in [-0.2, -0.15) is 0 Å². The van der Waals surface area contributed by atoms with Crippen molar-refractivity contribution in [2.45, 2.75) is 19.4 Å². The molecule has 1 aromatic heterocycles. The third-order valence-electron chi connectivity index (χ3n) is 3.00. The van der Waals surface area contributed by atoms with Gasteiger partial charge >= 0.3 is 0 Å². The maximum atomic E-state index is 11.6. The molecule has 0 atom stereocenters. The number of hydrogen-bond acceptors (Lipinski definition) is 5. The second-order valence-corrected chi connectivity index (χ2v) is 7.00. The van der Waals surface area contributed by atoms with Crippen molar-refractivity contribution in [3.8, 4) is 0 Å². The lowest BCUT2D eigenvalue weighted by atomic mass is 10.0. The van der Waals surface area contributed by atoms with Crippen molar-refractivity contribution in [3.05, 3.63) is 11.8 Å². The summed E-state index contributed by atoms with van der Waals surface area (Å²) in [5.74, 6) is 0. The number of nitrogens with zero attached hydrogens (tertiary/aromatic N) is 4. The Morgan fingerprint density at radius 2 is 2.11 bits per heavy atom. The number of hydrogen-bond donors (Lipinski definition) is 1. The van der Waals surface area contributed by atoms with Crippen molar-refractivity contribution in [1.29, 1.82) is 5.41 Å². The smallest absolute Gasteiger partial charge is 0.286 e. The van der Waals surface area contributed by atoms with Gasteiger partial charge in [-0.3, -0.25) is 10.4 Å². The van der Waals surface area contributed by atoms with Crippen LogP contribution in [-0.2, 0) is 10.0 Å². The molecule has 0 saturated carbocycles. The minimum absolute atomic E-state index is 0. The second-order valence-electron chi connectivity index (χ2n) is 5.02. The minimum atomic E-state index is -3.18. The summed E-state index contributed by atoms with van der Waals surface area (Å²) >= 11 is 0. The zero-order chi connectivity index (χ0) is 13.6. The highest BCUT2D eigenvalue weighted by molar-refractivity contribution is 7.88. The van der Waals surface area contributed by atoms with E-state index in [1.54, 1.807) is 0 Å². The lowest BCUT2D eigenvalue weighted by molar-refractivity contribution is -0.771. The maximum Gasteiger partial charge on any atom is 0.286 e. The molecule has 0 aliphatic carbocycles. The van der Waals surface area contributed by atoms with Gasteiger partial charge in [0.1, 0.15) is 0 Å². The van der Waals surface area contributed by atoms with E-state index in [9.17, 15) is 8.42 Å². The molecule has 19 heavy (non-hydrogen) atoms. The van der Waals surface area contributed by atoms with Crippen LogP contribution < -0.4 is 20.6 Å². The van der Waals surface area contributed by atoms with Crippen molar-refractivity contribution in [1.82, 2.24) is 9.58 Å². The molecular formula is C9H18ClN5O3S. The van der Waals surface area contributed by atoms with Crippen LogP contribution in [0, 0.1) is 5.41 Å². The predicted octanol–water partition coefficient (Wildman–Crippen LogP) is -1.58. The molecule has 0 spiro atoms. The molecular weight excluding hydrogens is 294 g/mol. The van der Waals surface area contributed by atoms with Gasteiger partial charge in [-0.1, -0.05) is 18.6 Å². The molecule has 0 unspecified atom stereocenters. The average molecular weight is 312 g/mol. The molecule has 1 aliphatic heterocycles. The van der Waals surface area contributed by atoms with Gasteiger partial charge in [0.05, 0.1) is 6.26 Å². The van der Waals surface area contributed by atoms with Gasteiger partial charge in [-0.15, -0.1) is 12.4 Å². The lowest BCUT2D eigenvalue weighted by Crippen LogP contribution is -2.75. The van der Waals surface area contributed by atoms with E-state index in [1.807, 2.05) is 18.9 Å². The van der Waals surface area contributed by atoms with E-state index in [0.717, 1.165) is 0 Å². The Kier molecular flexibility index (Phi) is 4.33. The molecule has 0 radical (unpaired) electrons. The van der Waals surface area contributed by atoms with E-state index in [2.05, 4.69) is 5.27 Å². The van der Waals surface area contributed by atoms with Gasteiger partial charge < -0.3 is 4.52 Å². The first-order valence-corrected chi connectivity index (χ1v) is 7.38. The molecule has 110 valence electrons. The van der Waals surface area contributed by atoms with Gasteiger partial charge in [0.2, 0.25) is 10.0 Å². The average Bonchev–Trinajstić information content (AvgIpc) is 2.61. The van der Waals surface area contributed by atoms with Crippen molar-refractivity contribution in [2.24, 2.45) is 0 Å². The Bertz CT molecular complexity index is 593. The third kappa shape index (κ3) is 3.28. The summed E-state index contributed by atoms with van der Waals surface area (Å²) in [6.45, 7) is 5.12. The van der Waals surface area contributed by atoms with Crippen LogP contribution in [0.1, 0.15) is 13.8 Å². The van der Waals surface area contributed by atoms with Crippen LogP contribution in [0.4, 0.5) is 0 Å². The zero-order valence-electron chi connectivity index (χ0n) is 11.0. The number of halogens is 1. The SMILES string of the molecule is CC1(C)CN(S(C)(=O)=O)CCN1[n+]1cc(=N)o[n-]1.Cl. The van der Waals surface area contributed by atoms with Crippen LogP contribution in [0.15, 0.2) is 10.7 Å². The minimum Gasteiger partial charge on any atom is -0.380 e. The van der Waals surface area contributed by atoms with Crippen LogP contribution in [-0.4, -0.2) is 44.2 Å². The molecule has 1 saturated heterocycles. The van der Waals surface area contributed by atoms with Crippen LogP contribution in [0.25, 0.3) is 0 Å². The molecule has 1 aliphatic rings. The zero-order valence-corrected chi connectivity index (χ0v) is 12.7. The summed E-state index contributed by atoms with van der Waals surface area (Å²) in [7, 11) is -3.18. The standard InChI is InChI=1S/C9H17N5O3S.ClH/c1-9(2)7-12(18(3,15)16)4-5-13(9)14-6-8(10)17-11-14;/h6,10H,4-5,7H2,1-3H3;1H. The third-order valence-corrected chi connectivity index (χ3v) is 4.24. The van der Waals surface area contributed by atoms with E-state index >= 15 is 0 Å². The Morgan fingerprint density at radius 3 is 2.53 bits per heavy atom. The Labute approximate surface area is 117 Å². The Hall–Kier alpha value is -1.06. The molecule has 1 aromatic rings. The summed E-state index contributed by atoms with van der Waals surface area (Å²) in [5.41, 5.74) is -0.452. The fourth-order valence-electron chi connectivity index (χ4n) is 2.12. The summed E-state index contributed by atoms with van der Waals surface area (Å²) in [6.07, 6.45) is 2.67. The van der Waals surface area contributed by atoms with Crippen molar-refractivity contribution < 1.29 is 17.7 Å². The summed E-state index contributed by atoms with van der Waals surface area (Å²) in [6, 6.07) is 0. The molecule has 0 amide bonds. The van der Waals surface area contributed by atoms with Gasteiger partial charge in [-0.25, -0.2) is 12.7 Å². The first-order chi connectivity index (χ1) is 8.20. The normalized spacial score (nSPS) is 20.1. The molecule has 8 nitrogen and oxygen atoms in total. The number of rotatable bonds is 2. The quantitative estimate of drug-likeness (QED) is 0.665. The monoisotopic (exact) mass is 311 g/mol. The number of sulfonamides is 1. The predicted molar refractivity (Wildman–Crippen MR) is 68.9 cm³/mol. The first kappa shape index (κ1) is 16.0. The van der Waals surface area contributed by atoms with Gasteiger partial charge in [0, 0.05) is 25.2 Å². The fraction of sp³-hybridized carbons (Fsp3) is 0.778. The van der Waals surface area contributed by atoms with Crippen LogP contribution in [0.3, 0.4) is 0 Å². The van der Waals surface area contributed by atoms with E-state index in [-0.39, 0.29) is 18.0 Å². The van der Waals surface area contributed by atoms with E-state index < -0.39 is 15.6 Å². The summed E-state index contributed by atoms with van der Waals surface area (Å²) in [5, 5.41) is 12.9. The number of aromatic nitrogens is 2. The summed E-state index contributed by atoms with van der Waals surface area (Å²) < 4.78 is 29.3. The van der Waals surface area contributed by atoms with Crippen molar-refractivity contribution in [3.63, 3.8) is 0 Å². The van der Waals surface area contributed by atoms with E-state index in [4.69, 9.17) is 9.93 Å². The van der Waals surface area contributed by atoms with Crippen LogP contribution in [0.5, 0.6) is 0 Å². The molecule has 0 bridgehead atoms. The lowest BCUT2D eigenvalue weighted by Gasteiger charge is -2.46. The molecule has 10 heteroatoms. The van der Waals surface area contributed by atoms with Crippen molar-refractivity contribution in [2.75, 3.05) is 30.9 Å². The highest BCUT2D eigenvalue weighted by Gasteiger charge is 2.37. The first-order valence-electron chi connectivity index (χ1n) is 5.53. The van der Waals surface area contributed by atoms with Gasteiger partial charge in [-0.05, 0) is 5.27 Å². The Balaban J connectivity index is 0.00000180. The van der Waals surface area contributed by atoms with E-state index in [1.165, 1.54) is 21.5 Å². The van der Waals surface area contributed by atoms with E-state index in [0.29, 0.717) is 19.6 Å². The highest BCUT2D eigenvalue weighted by atomic mass is 35.5.